The van der Waals surface area contributed by atoms with E-state index in [4.69, 9.17) is 15.2 Å². The van der Waals surface area contributed by atoms with Gasteiger partial charge in [0.25, 0.3) is 0 Å². The maximum atomic E-state index is 12.8. The molecule has 1 aromatic rings. The van der Waals surface area contributed by atoms with Gasteiger partial charge in [0.15, 0.2) is 11.5 Å². The molecular weight excluding hydrogens is 382 g/mol. The fourth-order valence-corrected chi connectivity index (χ4v) is 4.52. The van der Waals surface area contributed by atoms with Crippen molar-refractivity contribution >= 4 is 28.3 Å². The Morgan fingerprint density at radius 2 is 1.85 bits per heavy atom. The molecule has 26 heavy (non-hydrogen) atoms. The number of hydrogen-bond donors (Lipinski definition) is 2. The molecular formula is C16H24ClN3O5S. The summed E-state index contributed by atoms with van der Waals surface area (Å²) in [5.41, 5.74) is 5.38. The zero-order chi connectivity index (χ0) is 17.9. The number of nitrogens with two attached hydrogens (primary N) is 1. The second-order valence-electron chi connectivity index (χ2n) is 6.06. The third kappa shape index (κ3) is 4.40. The van der Waals surface area contributed by atoms with E-state index >= 15 is 0 Å². The smallest absolute Gasteiger partial charge is 0.243 e. The summed E-state index contributed by atoms with van der Waals surface area (Å²) in [6.45, 7) is 2.32. The van der Waals surface area contributed by atoms with Crippen molar-refractivity contribution in [2.45, 2.75) is 17.7 Å². The normalized spacial score (nSPS) is 18.0. The Morgan fingerprint density at radius 3 is 2.50 bits per heavy atom. The number of benzene rings is 1. The van der Waals surface area contributed by atoms with Crippen LogP contribution in [0.25, 0.3) is 0 Å². The van der Waals surface area contributed by atoms with E-state index in [1.165, 1.54) is 16.4 Å². The average molecular weight is 406 g/mol. The molecule has 1 saturated heterocycles. The highest BCUT2D eigenvalue weighted by Gasteiger charge is 2.32. The first-order valence-electron chi connectivity index (χ1n) is 8.40. The van der Waals surface area contributed by atoms with Crippen molar-refractivity contribution in [3.8, 4) is 11.5 Å². The van der Waals surface area contributed by atoms with Crippen LogP contribution in [-0.2, 0) is 14.8 Å². The summed E-state index contributed by atoms with van der Waals surface area (Å²) in [7, 11) is -3.62. The second kappa shape index (κ2) is 8.90. The number of sulfonamides is 1. The molecule has 0 atom stereocenters. The number of fused-ring (bicyclic) bond motifs is 1. The molecule has 3 N–H and O–H groups in total. The Morgan fingerprint density at radius 1 is 1.19 bits per heavy atom. The van der Waals surface area contributed by atoms with Gasteiger partial charge in [-0.05, 0) is 25.0 Å². The van der Waals surface area contributed by atoms with Crippen LogP contribution in [0, 0.1) is 5.92 Å². The SMILES string of the molecule is Cl.NCCNC(=O)C1CCN(S(=O)(=O)c2ccc3c(c2)OCCO3)CC1. The molecule has 2 aliphatic rings. The lowest BCUT2D eigenvalue weighted by molar-refractivity contribution is -0.126. The molecule has 1 aromatic carbocycles. The number of amides is 1. The standard InChI is InChI=1S/C16H23N3O5S.ClH/c17-5-6-18-16(20)12-3-7-19(8-4-12)25(21,22)13-1-2-14-15(11-13)24-10-9-23-14;/h1-2,11-12H,3-10,17H2,(H,18,20);1H. The van der Waals surface area contributed by atoms with Gasteiger partial charge in [0.2, 0.25) is 15.9 Å². The van der Waals surface area contributed by atoms with E-state index in [9.17, 15) is 13.2 Å². The minimum atomic E-state index is -3.62. The van der Waals surface area contributed by atoms with Crippen LogP contribution in [0.1, 0.15) is 12.8 Å². The number of rotatable bonds is 5. The summed E-state index contributed by atoms with van der Waals surface area (Å²) in [6, 6.07) is 4.65. The van der Waals surface area contributed by atoms with E-state index in [-0.39, 0.29) is 29.1 Å². The molecule has 0 radical (unpaired) electrons. The lowest BCUT2D eigenvalue weighted by Crippen LogP contribution is -2.43. The van der Waals surface area contributed by atoms with Crippen LogP contribution in [0.5, 0.6) is 11.5 Å². The highest BCUT2D eigenvalue weighted by molar-refractivity contribution is 7.89. The summed E-state index contributed by atoms with van der Waals surface area (Å²) < 4.78 is 38.0. The van der Waals surface area contributed by atoms with Gasteiger partial charge < -0.3 is 20.5 Å². The summed E-state index contributed by atoms with van der Waals surface area (Å²) in [6.07, 6.45) is 1.00. The van der Waals surface area contributed by atoms with E-state index in [2.05, 4.69) is 5.32 Å². The monoisotopic (exact) mass is 405 g/mol. The molecule has 146 valence electrons. The zero-order valence-corrected chi connectivity index (χ0v) is 16.0. The fourth-order valence-electron chi connectivity index (χ4n) is 3.03. The maximum Gasteiger partial charge on any atom is 0.243 e. The van der Waals surface area contributed by atoms with Gasteiger partial charge in [-0.3, -0.25) is 4.79 Å². The van der Waals surface area contributed by atoms with E-state index in [0.29, 0.717) is 63.7 Å². The number of hydrogen-bond acceptors (Lipinski definition) is 6. The first-order valence-corrected chi connectivity index (χ1v) is 9.84. The van der Waals surface area contributed by atoms with Crippen molar-refractivity contribution in [2.24, 2.45) is 11.7 Å². The van der Waals surface area contributed by atoms with Crippen molar-refractivity contribution in [1.29, 1.82) is 0 Å². The van der Waals surface area contributed by atoms with Crippen LogP contribution in [0.15, 0.2) is 23.1 Å². The molecule has 0 bridgehead atoms. The molecule has 1 fully saturated rings. The van der Waals surface area contributed by atoms with Gasteiger partial charge in [0.1, 0.15) is 13.2 Å². The number of piperidine rings is 1. The number of ether oxygens (including phenoxy) is 2. The molecule has 0 aromatic heterocycles. The van der Waals surface area contributed by atoms with E-state index in [1.807, 2.05) is 0 Å². The molecule has 0 saturated carbocycles. The topological polar surface area (TPSA) is 111 Å². The van der Waals surface area contributed by atoms with Crippen LogP contribution < -0.4 is 20.5 Å². The van der Waals surface area contributed by atoms with Crippen molar-refractivity contribution in [3.63, 3.8) is 0 Å². The lowest BCUT2D eigenvalue weighted by Gasteiger charge is -2.30. The van der Waals surface area contributed by atoms with Gasteiger partial charge in [-0.2, -0.15) is 4.31 Å². The van der Waals surface area contributed by atoms with Gasteiger partial charge in [0.05, 0.1) is 4.90 Å². The predicted molar refractivity (Wildman–Crippen MR) is 98.2 cm³/mol. The van der Waals surface area contributed by atoms with E-state index in [0.717, 1.165) is 0 Å². The Kier molecular flexibility index (Phi) is 7.10. The molecule has 0 unspecified atom stereocenters. The molecule has 1 amide bonds. The van der Waals surface area contributed by atoms with Crippen LogP contribution >= 0.6 is 12.4 Å². The van der Waals surface area contributed by atoms with Crippen LogP contribution in [0.3, 0.4) is 0 Å². The Balaban J connectivity index is 0.00000243. The molecule has 0 aliphatic carbocycles. The highest BCUT2D eigenvalue weighted by atomic mass is 35.5. The Labute approximate surface area is 159 Å². The summed E-state index contributed by atoms with van der Waals surface area (Å²) in [4.78, 5) is 12.2. The first kappa shape index (κ1) is 20.8. The first-order chi connectivity index (χ1) is 12.0. The minimum Gasteiger partial charge on any atom is -0.486 e. The highest BCUT2D eigenvalue weighted by Crippen LogP contribution is 2.34. The molecule has 10 heteroatoms. The van der Waals surface area contributed by atoms with E-state index in [1.54, 1.807) is 6.07 Å². The summed E-state index contributed by atoms with van der Waals surface area (Å²) >= 11 is 0. The largest absolute Gasteiger partial charge is 0.486 e. The molecule has 3 rings (SSSR count). The minimum absolute atomic E-state index is 0. The predicted octanol–water partition coefficient (Wildman–Crippen LogP) is 0.355. The van der Waals surface area contributed by atoms with Gasteiger partial charge in [-0.1, -0.05) is 0 Å². The second-order valence-corrected chi connectivity index (χ2v) is 8.00. The van der Waals surface area contributed by atoms with Gasteiger partial charge in [0, 0.05) is 38.2 Å². The third-order valence-corrected chi connectivity index (χ3v) is 6.31. The van der Waals surface area contributed by atoms with Gasteiger partial charge in [-0.25, -0.2) is 8.42 Å². The molecule has 0 spiro atoms. The summed E-state index contributed by atoms with van der Waals surface area (Å²) in [5.74, 6) is 0.781. The Hall–Kier alpha value is -1.55. The number of nitrogens with one attached hydrogen (secondary N) is 1. The molecule has 2 heterocycles. The molecule has 2 aliphatic heterocycles. The fraction of sp³-hybridized carbons (Fsp3) is 0.562. The number of carbonyl (C=O) groups excluding carboxylic acids is 1. The third-order valence-electron chi connectivity index (χ3n) is 4.42. The van der Waals surface area contributed by atoms with Crippen LogP contribution in [-0.4, -0.2) is 58.0 Å². The summed E-state index contributed by atoms with van der Waals surface area (Å²) in [5, 5.41) is 2.76. The van der Waals surface area contributed by atoms with Crippen LogP contribution in [0.4, 0.5) is 0 Å². The lowest BCUT2D eigenvalue weighted by atomic mass is 9.97. The van der Waals surface area contributed by atoms with Crippen LogP contribution in [0.2, 0.25) is 0 Å². The Bertz CT molecular complexity index is 735. The molecule has 8 nitrogen and oxygen atoms in total. The van der Waals surface area contributed by atoms with Crippen molar-refractivity contribution in [2.75, 3.05) is 39.4 Å². The van der Waals surface area contributed by atoms with Gasteiger partial charge in [-0.15, -0.1) is 12.4 Å². The quantitative estimate of drug-likeness (QED) is 0.731. The average Bonchev–Trinajstić information content (AvgIpc) is 2.65. The van der Waals surface area contributed by atoms with Crippen molar-refractivity contribution in [3.05, 3.63) is 18.2 Å². The maximum absolute atomic E-state index is 12.8. The number of nitrogens with zero attached hydrogens (tertiary/aromatic N) is 1. The zero-order valence-electron chi connectivity index (χ0n) is 14.3. The van der Waals surface area contributed by atoms with Crippen molar-refractivity contribution < 1.29 is 22.7 Å². The van der Waals surface area contributed by atoms with Crippen molar-refractivity contribution in [1.82, 2.24) is 9.62 Å². The number of halogens is 1. The van der Waals surface area contributed by atoms with Gasteiger partial charge >= 0.3 is 0 Å². The van der Waals surface area contributed by atoms with E-state index < -0.39 is 10.0 Å². The number of carbonyl (C=O) groups is 1.